The van der Waals surface area contributed by atoms with Crippen LogP contribution in [-0.2, 0) is 30.4 Å². The van der Waals surface area contributed by atoms with Gasteiger partial charge in [0.15, 0.2) is 0 Å². The number of fused-ring (bicyclic) bond motifs is 2. The Balaban J connectivity index is 1.94. The summed E-state index contributed by atoms with van der Waals surface area (Å²) in [6.45, 7) is 4.19. The summed E-state index contributed by atoms with van der Waals surface area (Å²) in [5.74, 6) is 0. The molecule has 2 aliphatic carbocycles. The van der Waals surface area contributed by atoms with Gasteiger partial charge >= 0.3 is 6.36 Å². The lowest BCUT2D eigenvalue weighted by atomic mass is 9.74. The number of unbranched alkanes of at least 4 members (excludes halogenated alkanes) is 1. The third kappa shape index (κ3) is 4.71. The van der Waals surface area contributed by atoms with Gasteiger partial charge in [-0.25, -0.2) is 0 Å². The van der Waals surface area contributed by atoms with E-state index in [-0.39, 0.29) is 6.61 Å². The SMILES string of the molecule is CC/C=C1/CCCc2c(CCCCOC(F)(F)F)c3c(c(CC)c21)CCC=C3. The molecular formula is C24H31F3O. The summed E-state index contributed by atoms with van der Waals surface area (Å²) in [6.07, 6.45) is 12.0. The highest BCUT2D eigenvalue weighted by atomic mass is 19.4. The number of halogens is 3. The Kier molecular flexibility index (Phi) is 7.03. The molecule has 1 nitrogen and oxygen atoms in total. The van der Waals surface area contributed by atoms with Crippen molar-refractivity contribution >= 4 is 11.6 Å². The standard InChI is InChI=1S/C24H31F3O/c1-3-10-17-11-9-15-22-21(14-7-8-16-28-24(25,26)27)20-13-6-5-12-19(20)18(4-2)23(17)22/h6,10,13H,3-5,7-9,11-12,14-16H2,1-2H3/b17-10-. The average molecular weight is 393 g/mol. The van der Waals surface area contributed by atoms with Crippen molar-refractivity contribution < 1.29 is 17.9 Å². The van der Waals surface area contributed by atoms with Crippen LogP contribution in [0, 0.1) is 0 Å². The second kappa shape index (κ2) is 9.30. The second-order valence-corrected chi connectivity index (χ2v) is 7.74. The van der Waals surface area contributed by atoms with E-state index in [0.717, 1.165) is 57.8 Å². The quantitative estimate of drug-likeness (QED) is 0.446. The maximum Gasteiger partial charge on any atom is 0.522 e. The van der Waals surface area contributed by atoms with Gasteiger partial charge in [-0.05, 0) is 103 Å². The lowest BCUT2D eigenvalue weighted by Crippen LogP contribution is -2.16. The summed E-state index contributed by atoms with van der Waals surface area (Å²) < 4.78 is 40.6. The molecule has 1 aromatic rings. The van der Waals surface area contributed by atoms with Gasteiger partial charge in [-0.15, -0.1) is 13.2 Å². The van der Waals surface area contributed by atoms with E-state index in [2.05, 4.69) is 36.8 Å². The highest BCUT2D eigenvalue weighted by Crippen LogP contribution is 2.42. The van der Waals surface area contributed by atoms with E-state index < -0.39 is 6.36 Å². The van der Waals surface area contributed by atoms with Crippen molar-refractivity contribution in [3.05, 3.63) is 45.5 Å². The highest BCUT2D eigenvalue weighted by Gasteiger charge is 2.29. The lowest BCUT2D eigenvalue weighted by molar-refractivity contribution is -0.324. The number of ether oxygens (including phenoxy) is 1. The summed E-state index contributed by atoms with van der Waals surface area (Å²) in [6, 6.07) is 0. The summed E-state index contributed by atoms with van der Waals surface area (Å²) >= 11 is 0. The zero-order chi connectivity index (χ0) is 20.1. The minimum absolute atomic E-state index is 0.252. The molecule has 0 spiro atoms. The first-order chi connectivity index (χ1) is 13.5. The molecule has 0 heterocycles. The minimum atomic E-state index is -4.52. The van der Waals surface area contributed by atoms with E-state index in [0.29, 0.717) is 6.42 Å². The van der Waals surface area contributed by atoms with Gasteiger partial charge < -0.3 is 0 Å². The Morgan fingerprint density at radius 2 is 1.86 bits per heavy atom. The van der Waals surface area contributed by atoms with Crippen molar-refractivity contribution in [2.45, 2.75) is 84.4 Å². The van der Waals surface area contributed by atoms with Crippen LogP contribution in [0.3, 0.4) is 0 Å². The molecule has 0 N–H and O–H groups in total. The average Bonchev–Trinajstić information content (AvgIpc) is 2.67. The smallest absolute Gasteiger partial charge is 0.292 e. The van der Waals surface area contributed by atoms with Crippen LogP contribution < -0.4 is 0 Å². The van der Waals surface area contributed by atoms with Crippen LogP contribution in [0.15, 0.2) is 12.2 Å². The second-order valence-electron chi connectivity index (χ2n) is 7.74. The van der Waals surface area contributed by atoms with Crippen LogP contribution in [0.1, 0.15) is 85.8 Å². The number of rotatable bonds is 7. The first kappa shape index (κ1) is 21.2. The predicted octanol–water partition coefficient (Wildman–Crippen LogP) is 7.20. The number of allylic oxidation sites excluding steroid dienone is 3. The minimum Gasteiger partial charge on any atom is -0.292 e. The van der Waals surface area contributed by atoms with Gasteiger partial charge in [0, 0.05) is 0 Å². The third-order valence-corrected chi connectivity index (χ3v) is 5.91. The van der Waals surface area contributed by atoms with Crippen LogP contribution in [0.5, 0.6) is 0 Å². The van der Waals surface area contributed by atoms with Crippen molar-refractivity contribution in [3.8, 4) is 0 Å². The van der Waals surface area contributed by atoms with Gasteiger partial charge in [-0.1, -0.05) is 32.1 Å². The zero-order valence-electron chi connectivity index (χ0n) is 17.1. The lowest BCUT2D eigenvalue weighted by Gasteiger charge is -2.31. The van der Waals surface area contributed by atoms with Gasteiger partial charge in [-0.3, -0.25) is 4.74 Å². The first-order valence-corrected chi connectivity index (χ1v) is 10.7. The van der Waals surface area contributed by atoms with E-state index in [1.807, 2.05) is 0 Å². The van der Waals surface area contributed by atoms with Crippen LogP contribution >= 0.6 is 0 Å². The van der Waals surface area contributed by atoms with Gasteiger partial charge in [0.25, 0.3) is 0 Å². The van der Waals surface area contributed by atoms with E-state index in [4.69, 9.17) is 0 Å². The Bertz CT molecular complexity index is 756. The topological polar surface area (TPSA) is 9.23 Å². The maximum absolute atomic E-state index is 12.2. The molecule has 0 saturated heterocycles. The molecule has 0 aliphatic heterocycles. The predicted molar refractivity (Wildman–Crippen MR) is 109 cm³/mol. The summed E-state index contributed by atoms with van der Waals surface area (Å²) in [4.78, 5) is 0. The Hall–Kier alpha value is -1.55. The van der Waals surface area contributed by atoms with Crippen LogP contribution in [-0.4, -0.2) is 13.0 Å². The number of benzene rings is 1. The van der Waals surface area contributed by atoms with E-state index in [9.17, 15) is 13.2 Å². The maximum atomic E-state index is 12.2. The van der Waals surface area contributed by atoms with Gasteiger partial charge in [0.2, 0.25) is 0 Å². The molecule has 0 saturated carbocycles. The van der Waals surface area contributed by atoms with E-state index in [1.54, 1.807) is 0 Å². The molecule has 0 unspecified atom stereocenters. The molecule has 0 fully saturated rings. The van der Waals surface area contributed by atoms with Crippen LogP contribution in [0.2, 0.25) is 0 Å². The summed E-state index contributed by atoms with van der Waals surface area (Å²) in [5.41, 5.74) is 10.2. The molecule has 4 heteroatoms. The fourth-order valence-corrected chi connectivity index (χ4v) is 4.87. The van der Waals surface area contributed by atoms with Gasteiger partial charge in [0.05, 0.1) is 6.61 Å². The molecule has 0 bridgehead atoms. The van der Waals surface area contributed by atoms with Crippen molar-refractivity contribution in [2.24, 2.45) is 0 Å². The molecule has 0 atom stereocenters. The third-order valence-electron chi connectivity index (χ3n) is 5.91. The number of alkyl halides is 3. The van der Waals surface area contributed by atoms with Gasteiger partial charge in [0.1, 0.15) is 0 Å². The van der Waals surface area contributed by atoms with E-state index >= 15 is 0 Å². The van der Waals surface area contributed by atoms with Crippen molar-refractivity contribution in [3.63, 3.8) is 0 Å². The van der Waals surface area contributed by atoms with Crippen molar-refractivity contribution in [1.29, 1.82) is 0 Å². The molecule has 1 aromatic carbocycles. The van der Waals surface area contributed by atoms with Crippen molar-refractivity contribution in [2.75, 3.05) is 6.61 Å². The first-order valence-electron chi connectivity index (χ1n) is 10.7. The highest BCUT2D eigenvalue weighted by molar-refractivity contribution is 5.79. The van der Waals surface area contributed by atoms with E-state index in [1.165, 1.54) is 39.0 Å². The zero-order valence-corrected chi connectivity index (χ0v) is 17.1. The normalized spacial score (nSPS) is 17.7. The van der Waals surface area contributed by atoms with Crippen LogP contribution in [0.25, 0.3) is 11.6 Å². The molecule has 2 aliphatic rings. The Labute approximate surface area is 166 Å². The van der Waals surface area contributed by atoms with Crippen molar-refractivity contribution in [1.82, 2.24) is 0 Å². The monoisotopic (exact) mass is 392 g/mol. The molecule has 28 heavy (non-hydrogen) atoms. The molecule has 0 amide bonds. The Morgan fingerprint density at radius 3 is 2.57 bits per heavy atom. The summed E-state index contributed by atoms with van der Waals surface area (Å²) in [7, 11) is 0. The fraction of sp³-hybridized carbons (Fsp3) is 0.583. The van der Waals surface area contributed by atoms with Gasteiger partial charge in [-0.2, -0.15) is 0 Å². The molecular weight excluding hydrogens is 361 g/mol. The summed E-state index contributed by atoms with van der Waals surface area (Å²) in [5, 5.41) is 0. The van der Waals surface area contributed by atoms with Crippen LogP contribution in [0.4, 0.5) is 13.2 Å². The molecule has 0 radical (unpaired) electrons. The Morgan fingerprint density at radius 1 is 1.04 bits per heavy atom. The fourth-order valence-electron chi connectivity index (χ4n) is 4.87. The number of hydrogen-bond acceptors (Lipinski definition) is 1. The largest absolute Gasteiger partial charge is 0.522 e. The molecule has 154 valence electrons. The molecule has 0 aromatic heterocycles. The molecule has 3 rings (SSSR count). The number of hydrogen-bond donors (Lipinski definition) is 0.